The maximum Gasteiger partial charge on any atom is 0.0670 e. The van der Waals surface area contributed by atoms with Gasteiger partial charge in [0, 0.05) is 37.1 Å². The fraction of sp³-hybridized carbons (Fsp3) is 0.385. The Morgan fingerprint density at radius 2 is 2.28 bits per heavy atom. The van der Waals surface area contributed by atoms with E-state index in [4.69, 9.17) is 5.84 Å². The van der Waals surface area contributed by atoms with Crippen molar-refractivity contribution < 1.29 is 0 Å². The van der Waals surface area contributed by atoms with Gasteiger partial charge in [-0.05, 0) is 18.6 Å². The van der Waals surface area contributed by atoms with Gasteiger partial charge < -0.3 is 0 Å². The van der Waals surface area contributed by atoms with Crippen LogP contribution in [0.4, 0.5) is 0 Å². The molecule has 0 fully saturated rings. The van der Waals surface area contributed by atoms with Crippen LogP contribution in [0.25, 0.3) is 0 Å². The molecule has 2 aromatic rings. The van der Waals surface area contributed by atoms with Crippen molar-refractivity contribution in [1.29, 1.82) is 0 Å². The topological polar surface area (TPSA) is 68.8 Å². The summed E-state index contributed by atoms with van der Waals surface area (Å²) in [5, 5.41) is 4.44. The molecule has 1 atom stereocenters. The van der Waals surface area contributed by atoms with Gasteiger partial charge in [-0.3, -0.25) is 20.9 Å². The lowest BCUT2D eigenvalue weighted by Crippen LogP contribution is -2.30. The maximum absolute atomic E-state index is 5.67. The van der Waals surface area contributed by atoms with Gasteiger partial charge in [-0.15, -0.1) is 0 Å². The van der Waals surface area contributed by atoms with Crippen molar-refractivity contribution in [3.8, 4) is 0 Å². The maximum atomic E-state index is 5.67. The number of aromatic nitrogens is 3. The first-order chi connectivity index (χ1) is 8.74. The summed E-state index contributed by atoms with van der Waals surface area (Å²) in [5.74, 6) is 5.67. The molecule has 1 unspecified atom stereocenters. The van der Waals surface area contributed by atoms with Gasteiger partial charge in [0.15, 0.2) is 0 Å². The molecule has 3 N–H and O–H groups in total. The normalized spacial score (nSPS) is 12.6. The third-order valence-corrected chi connectivity index (χ3v) is 2.99. The minimum absolute atomic E-state index is 0.0450. The number of hydrogen-bond donors (Lipinski definition) is 2. The highest BCUT2D eigenvalue weighted by Gasteiger charge is 2.17. The molecule has 0 aliphatic carbocycles. The number of hydrogen-bond acceptors (Lipinski definition) is 4. The first-order valence-corrected chi connectivity index (χ1v) is 6.13. The zero-order chi connectivity index (χ0) is 13.0. The zero-order valence-electron chi connectivity index (χ0n) is 10.8. The lowest BCUT2D eigenvalue weighted by atomic mass is 10.0. The second-order valence-corrected chi connectivity index (χ2v) is 4.30. The first kappa shape index (κ1) is 12.7. The van der Waals surface area contributed by atoms with Gasteiger partial charge in [0.1, 0.15) is 0 Å². The quantitative estimate of drug-likeness (QED) is 0.612. The summed E-state index contributed by atoms with van der Waals surface area (Å²) in [5.41, 5.74) is 6.11. The van der Waals surface area contributed by atoms with Gasteiger partial charge in [-0.1, -0.05) is 13.0 Å². The van der Waals surface area contributed by atoms with Crippen LogP contribution in [0.3, 0.4) is 0 Å². The molecule has 0 saturated heterocycles. The van der Waals surface area contributed by atoms with E-state index in [1.807, 2.05) is 36.1 Å². The molecule has 0 aromatic carbocycles. The minimum atomic E-state index is 0.0450. The largest absolute Gasteiger partial charge is 0.275 e. The minimum Gasteiger partial charge on any atom is -0.275 e. The third-order valence-electron chi connectivity index (χ3n) is 2.99. The van der Waals surface area contributed by atoms with Crippen molar-refractivity contribution in [3.05, 3.63) is 47.5 Å². The van der Waals surface area contributed by atoms with Crippen molar-refractivity contribution in [2.75, 3.05) is 0 Å². The molecule has 0 spiro atoms. The Kier molecular flexibility index (Phi) is 4.07. The number of rotatable bonds is 5. The third kappa shape index (κ3) is 2.75. The molecule has 2 aromatic heterocycles. The van der Waals surface area contributed by atoms with E-state index < -0.39 is 0 Å². The smallest absolute Gasteiger partial charge is 0.0670 e. The van der Waals surface area contributed by atoms with Crippen molar-refractivity contribution in [3.63, 3.8) is 0 Å². The van der Waals surface area contributed by atoms with Crippen LogP contribution in [0, 0.1) is 0 Å². The summed E-state index contributed by atoms with van der Waals surface area (Å²) in [7, 11) is 1.93. The van der Waals surface area contributed by atoms with Crippen molar-refractivity contribution in [2.45, 2.75) is 25.8 Å². The average molecular weight is 245 g/mol. The molecular weight excluding hydrogens is 226 g/mol. The predicted molar refractivity (Wildman–Crippen MR) is 70.6 cm³/mol. The monoisotopic (exact) mass is 245 g/mol. The number of nitrogens with zero attached hydrogens (tertiary/aromatic N) is 3. The molecule has 5 heteroatoms. The van der Waals surface area contributed by atoms with Gasteiger partial charge in [0.25, 0.3) is 0 Å². The van der Waals surface area contributed by atoms with E-state index in [0.29, 0.717) is 0 Å². The lowest BCUT2D eigenvalue weighted by molar-refractivity contribution is 0.542. The highest BCUT2D eigenvalue weighted by Crippen LogP contribution is 2.20. The van der Waals surface area contributed by atoms with Gasteiger partial charge in [-0.25, -0.2) is 0 Å². The van der Waals surface area contributed by atoms with Crippen molar-refractivity contribution in [1.82, 2.24) is 20.2 Å². The second kappa shape index (κ2) is 5.75. The van der Waals surface area contributed by atoms with Crippen LogP contribution in [0.5, 0.6) is 0 Å². The van der Waals surface area contributed by atoms with Crippen molar-refractivity contribution in [2.24, 2.45) is 12.9 Å². The molecule has 0 amide bonds. The molecule has 0 aliphatic heterocycles. The molecule has 2 heterocycles. The number of nitrogens with two attached hydrogens (primary N) is 1. The molecule has 5 nitrogen and oxygen atoms in total. The molecule has 0 saturated carbocycles. The highest BCUT2D eigenvalue weighted by molar-refractivity contribution is 5.23. The van der Waals surface area contributed by atoms with E-state index in [-0.39, 0.29) is 6.04 Å². The molecule has 18 heavy (non-hydrogen) atoms. The van der Waals surface area contributed by atoms with E-state index in [0.717, 1.165) is 29.8 Å². The van der Waals surface area contributed by atoms with Gasteiger partial charge >= 0.3 is 0 Å². The van der Waals surface area contributed by atoms with Crippen LogP contribution in [-0.4, -0.2) is 14.8 Å². The molecule has 0 radical (unpaired) electrons. The Morgan fingerprint density at radius 1 is 1.44 bits per heavy atom. The van der Waals surface area contributed by atoms with Crippen molar-refractivity contribution >= 4 is 0 Å². The van der Waals surface area contributed by atoms with E-state index in [1.54, 1.807) is 6.20 Å². The highest BCUT2D eigenvalue weighted by atomic mass is 15.3. The van der Waals surface area contributed by atoms with Gasteiger partial charge in [0.2, 0.25) is 0 Å². The Balaban J connectivity index is 2.22. The summed E-state index contributed by atoms with van der Waals surface area (Å²) >= 11 is 0. The summed E-state index contributed by atoms with van der Waals surface area (Å²) in [6.45, 7) is 2.10. The first-order valence-electron chi connectivity index (χ1n) is 6.13. The van der Waals surface area contributed by atoms with Crippen LogP contribution < -0.4 is 11.3 Å². The van der Waals surface area contributed by atoms with E-state index >= 15 is 0 Å². The Labute approximate surface area is 107 Å². The summed E-state index contributed by atoms with van der Waals surface area (Å²) in [6, 6.07) is 5.95. The fourth-order valence-corrected chi connectivity index (χ4v) is 2.11. The van der Waals surface area contributed by atoms with Gasteiger partial charge in [-0.2, -0.15) is 5.10 Å². The lowest BCUT2D eigenvalue weighted by Gasteiger charge is -2.15. The molecule has 96 valence electrons. The Hall–Kier alpha value is -1.72. The number of nitrogens with one attached hydrogen (secondary N) is 1. The van der Waals surface area contributed by atoms with Crippen LogP contribution >= 0.6 is 0 Å². The summed E-state index contributed by atoms with van der Waals surface area (Å²) < 4.78 is 1.83. The number of hydrazine groups is 1. The van der Waals surface area contributed by atoms with E-state index in [2.05, 4.69) is 22.4 Å². The predicted octanol–water partition coefficient (Wildman–Crippen LogP) is 1.12. The Morgan fingerprint density at radius 3 is 2.89 bits per heavy atom. The number of aryl methyl sites for hydroxylation is 2. The SMILES string of the molecule is CCc1nn(C)cc1C(Cc1ccccn1)NN. The summed E-state index contributed by atoms with van der Waals surface area (Å²) in [4.78, 5) is 4.33. The second-order valence-electron chi connectivity index (χ2n) is 4.30. The Bertz CT molecular complexity index is 491. The average Bonchev–Trinajstić information content (AvgIpc) is 2.78. The summed E-state index contributed by atoms with van der Waals surface area (Å²) in [6.07, 6.45) is 5.48. The van der Waals surface area contributed by atoms with Crippen LogP contribution in [0.1, 0.15) is 29.9 Å². The zero-order valence-corrected chi connectivity index (χ0v) is 10.8. The standard InChI is InChI=1S/C13H19N5/c1-3-12-11(9-18(2)17-12)13(16-14)8-10-6-4-5-7-15-10/h4-7,9,13,16H,3,8,14H2,1-2H3. The van der Waals surface area contributed by atoms with Gasteiger partial charge in [0.05, 0.1) is 11.7 Å². The van der Waals surface area contributed by atoms with E-state index in [9.17, 15) is 0 Å². The van der Waals surface area contributed by atoms with E-state index in [1.165, 1.54) is 0 Å². The number of pyridine rings is 1. The molecule has 0 bridgehead atoms. The molecular formula is C13H19N5. The molecule has 0 aliphatic rings. The molecule has 2 rings (SSSR count). The van der Waals surface area contributed by atoms with Crippen LogP contribution in [0.2, 0.25) is 0 Å². The fourth-order valence-electron chi connectivity index (χ4n) is 2.11. The van der Waals surface area contributed by atoms with Crippen LogP contribution in [0.15, 0.2) is 30.6 Å². The van der Waals surface area contributed by atoms with Crippen LogP contribution in [-0.2, 0) is 19.9 Å².